The quantitative estimate of drug-likeness (QED) is 0.850. The van der Waals surface area contributed by atoms with Gasteiger partial charge in [-0.05, 0) is 30.4 Å². The molecule has 1 aromatic rings. The zero-order chi connectivity index (χ0) is 13.1. The molecule has 0 saturated heterocycles. The molecule has 96 valence electrons. The van der Waals surface area contributed by atoms with Gasteiger partial charge in [0.15, 0.2) is 0 Å². The molecule has 0 spiro atoms. The largest absolute Gasteiger partial charge is 0.385 e. The van der Waals surface area contributed by atoms with Crippen LogP contribution in [0, 0.1) is 0 Å². The van der Waals surface area contributed by atoms with Crippen LogP contribution in [0.2, 0.25) is 0 Å². The molecule has 0 fully saturated rings. The van der Waals surface area contributed by atoms with Crippen LogP contribution in [0.4, 0.5) is 4.79 Å². The predicted molar refractivity (Wildman–Crippen MR) is 75.0 cm³/mol. The van der Waals surface area contributed by atoms with Crippen LogP contribution in [0.1, 0.15) is 24.9 Å². The molecule has 1 atom stereocenters. The highest BCUT2D eigenvalue weighted by Crippen LogP contribution is 2.28. The van der Waals surface area contributed by atoms with Gasteiger partial charge in [-0.2, -0.15) is 4.99 Å². The molecule has 2 rings (SSSR count). The minimum atomic E-state index is -0.228. The second kappa shape index (κ2) is 5.44. The number of hydrogen-bond donors (Lipinski definition) is 1. The number of thioether (sulfide) groups is 1. The summed E-state index contributed by atoms with van der Waals surface area (Å²) in [5.74, 6) is 0.394. The van der Waals surface area contributed by atoms with E-state index in [1.807, 2.05) is 37.4 Å². The zero-order valence-electron chi connectivity index (χ0n) is 10.6. The van der Waals surface area contributed by atoms with Crippen molar-refractivity contribution in [1.29, 1.82) is 0 Å². The maximum atomic E-state index is 11.7. The number of benzene rings is 1. The zero-order valence-corrected chi connectivity index (χ0v) is 11.4. The summed E-state index contributed by atoms with van der Waals surface area (Å²) < 4.78 is 0. The summed E-state index contributed by atoms with van der Waals surface area (Å²) in [7, 11) is 0. The number of nitrogens with two attached hydrogens (primary N) is 1. The first-order chi connectivity index (χ1) is 8.67. The van der Waals surface area contributed by atoms with E-state index >= 15 is 0 Å². The third-order valence-corrected chi connectivity index (χ3v) is 3.70. The van der Waals surface area contributed by atoms with Gasteiger partial charge in [-0.1, -0.05) is 19.1 Å². The first-order valence-electron chi connectivity index (χ1n) is 5.96. The average molecular weight is 263 g/mol. The van der Waals surface area contributed by atoms with Gasteiger partial charge < -0.3 is 10.6 Å². The lowest BCUT2D eigenvalue weighted by molar-refractivity contribution is 0.206. The normalized spacial score (nSPS) is 19.2. The van der Waals surface area contributed by atoms with Gasteiger partial charge in [-0.15, -0.1) is 11.8 Å². The molecule has 1 aliphatic heterocycles. The summed E-state index contributed by atoms with van der Waals surface area (Å²) in [4.78, 5) is 18.5. The number of hydrogen-bond acceptors (Lipinski definition) is 3. The van der Waals surface area contributed by atoms with E-state index in [0.29, 0.717) is 12.4 Å². The monoisotopic (exact) mass is 263 g/mol. The van der Waals surface area contributed by atoms with Crippen molar-refractivity contribution < 1.29 is 4.79 Å². The van der Waals surface area contributed by atoms with E-state index in [9.17, 15) is 4.79 Å². The van der Waals surface area contributed by atoms with E-state index in [0.717, 1.165) is 12.0 Å². The van der Waals surface area contributed by atoms with Crippen molar-refractivity contribution in [2.75, 3.05) is 12.8 Å². The highest BCUT2D eigenvalue weighted by molar-refractivity contribution is 7.98. The minimum Gasteiger partial charge on any atom is -0.385 e. The van der Waals surface area contributed by atoms with Crippen LogP contribution in [0.25, 0.3) is 0 Å². The number of aliphatic imine (C=N–C) groups is 1. The minimum absolute atomic E-state index is 0.201. The molecule has 4 nitrogen and oxygen atoms in total. The molecule has 0 saturated carbocycles. The van der Waals surface area contributed by atoms with Crippen LogP contribution in [-0.4, -0.2) is 29.6 Å². The van der Waals surface area contributed by atoms with Crippen molar-refractivity contribution in [1.82, 2.24) is 4.90 Å². The van der Waals surface area contributed by atoms with Crippen molar-refractivity contribution in [2.45, 2.75) is 24.3 Å². The van der Waals surface area contributed by atoms with E-state index in [-0.39, 0.29) is 12.1 Å². The van der Waals surface area contributed by atoms with E-state index < -0.39 is 0 Å². The lowest BCUT2D eigenvalue weighted by Gasteiger charge is -2.24. The summed E-state index contributed by atoms with van der Waals surface area (Å²) in [5, 5.41) is 0. The highest BCUT2D eigenvalue weighted by Gasteiger charge is 2.33. The van der Waals surface area contributed by atoms with Gasteiger partial charge in [0.2, 0.25) is 0 Å². The van der Waals surface area contributed by atoms with Gasteiger partial charge in [-0.3, -0.25) is 0 Å². The molecule has 2 N–H and O–H groups in total. The summed E-state index contributed by atoms with van der Waals surface area (Å²) >= 11 is 1.69. The van der Waals surface area contributed by atoms with Crippen molar-refractivity contribution in [3.05, 3.63) is 29.8 Å². The molecule has 18 heavy (non-hydrogen) atoms. The molecular weight excluding hydrogens is 246 g/mol. The van der Waals surface area contributed by atoms with Gasteiger partial charge in [0.25, 0.3) is 0 Å². The standard InChI is InChI=1S/C13H17N3OS/c1-3-8-16-11(12(14)15-13(16)17)9-4-6-10(18-2)7-5-9/h4-7,11H,3,8H2,1-2H3,(H2,14,15,17). The molecule has 0 bridgehead atoms. The van der Waals surface area contributed by atoms with E-state index in [1.165, 1.54) is 4.90 Å². The molecular formula is C13H17N3OS. The molecule has 1 heterocycles. The third kappa shape index (κ3) is 2.36. The number of urea groups is 1. The Morgan fingerprint density at radius 1 is 1.39 bits per heavy atom. The Balaban J connectivity index is 2.28. The fourth-order valence-electron chi connectivity index (χ4n) is 2.11. The topological polar surface area (TPSA) is 58.7 Å². The van der Waals surface area contributed by atoms with Crippen LogP contribution in [-0.2, 0) is 0 Å². The number of rotatable bonds is 4. The summed E-state index contributed by atoms with van der Waals surface area (Å²) in [5.41, 5.74) is 6.90. The predicted octanol–water partition coefficient (Wildman–Crippen LogP) is 2.65. The molecule has 5 heteroatoms. The van der Waals surface area contributed by atoms with E-state index in [1.54, 1.807) is 16.7 Å². The van der Waals surface area contributed by atoms with Crippen LogP contribution >= 0.6 is 11.8 Å². The number of amidine groups is 1. The van der Waals surface area contributed by atoms with Gasteiger partial charge in [0.05, 0.1) is 0 Å². The Morgan fingerprint density at radius 3 is 2.61 bits per heavy atom. The molecule has 1 aromatic carbocycles. The Morgan fingerprint density at radius 2 is 2.06 bits per heavy atom. The molecule has 1 aliphatic rings. The van der Waals surface area contributed by atoms with E-state index in [2.05, 4.69) is 4.99 Å². The van der Waals surface area contributed by atoms with Crippen LogP contribution in [0.15, 0.2) is 34.2 Å². The first-order valence-corrected chi connectivity index (χ1v) is 7.18. The number of nitrogens with zero attached hydrogens (tertiary/aromatic N) is 2. The lowest BCUT2D eigenvalue weighted by Crippen LogP contribution is -2.33. The fraction of sp³-hybridized carbons (Fsp3) is 0.385. The number of carbonyl (C=O) groups is 1. The Kier molecular flexibility index (Phi) is 3.91. The Labute approximate surface area is 111 Å². The fourth-order valence-corrected chi connectivity index (χ4v) is 2.52. The smallest absolute Gasteiger partial charge is 0.346 e. The van der Waals surface area contributed by atoms with Gasteiger partial charge >= 0.3 is 6.03 Å². The maximum Gasteiger partial charge on any atom is 0.346 e. The highest BCUT2D eigenvalue weighted by atomic mass is 32.2. The first kappa shape index (κ1) is 13.0. The SMILES string of the molecule is CCCN1C(=O)N=C(N)C1c1ccc(SC)cc1. The molecule has 0 radical (unpaired) electrons. The van der Waals surface area contributed by atoms with Crippen molar-refractivity contribution in [3.8, 4) is 0 Å². The van der Waals surface area contributed by atoms with Crippen LogP contribution in [0.5, 0.6) is 0 Å². The molecule has 2 amide bonds. The van der Waals surface area contributed by atoms with Crippen molar-refractivity contribution >= 4 is 23.6 Å². The van der Waals surface area contributed by atoms with Gasteiger partial charge in [-0.25, -0.2) is 4.79 Å². The Hall–Kier alpha value is -1.49. The lowest BCUT2D eigenvalue weighted by atomic mass is 10.1. The molecule has 1 unspecified atom stereocenters. The van der Waals surface area contributed by atoms with Crippen molar-refractivity contribution in [3.63, 3.8) is 0 Å². The Bertz CT molecular complexity index is 470. The second-order valence-electron chi connectivity index (χ2n) is 4.19. The summed E-state index contributed by atoms with van der Waals surface area (Å²) in [6.07, 6.45) is 2.93. The number of amides is 2. The molecule has 0 aromatic heterocycles. The van der Waals surface area contributed by atoms with Crippen LogP contribution in [0.3, 0.4) is 0 Å². The summed E-state index contributed by atoms with van der Waals surface area (Å²) in [6, 6.07) is 7.68. The van der Waals surface area contributed by atoms with E-state index in [4.69, 9.17) is 5.73 Å². The van der Waals surface area contributed by atoms with Gasteiger partial charge in [0.1, 0.15) is 11.9 Å². The number of carbonyl (C=O) groups excluding carboxylic acids is 1. The molecule has 0 aliphatic carbocycles. The second-order valence-corrected chi connectivity index (χ2v) is 5.07. The van der Waals surface area contributed by atoms with Gasteiger partial charge in [0, 0.05) is 11.4 Å². The summed E-state index contributed by atoms with van der Waals surface area (Å²) in [6.45, 7) is 2.72. The van der Waals surface area contributed by atoms with Crippen molar-refractivity contribution in [2.24, 2.45) is 10.7 Å². The third-order valence-electron chi connectivity index (χ3n) is 2.96. The maximum absolute atomic E-state index is 11.7. The van der Waals surface area contributed by atoms with Crippen LogP contribution < -0.4 is 5.73 Å². The average Bonchev–Trinajstić information content (AvgIpc) is 2.65.